The summed E-state index contributed by atoms with van der Waals surface area (Å²) in [5.74, 6) is -0.208. The van der Waals surface area contributed by atoms with Gasteiger partial charge in [-0.1, -0.05) is 17.7 Å². The standard InChI is InChI=1S/C20H17NO4/c1-14-3-5-15(6-4-14)19(22)21(2)17-7-9-18(10-8-17)25-20(23)16-11-12-24-13-16/h3-13H,1-2H3. The molecule has 0 bridgehead atoms. The van der Waals surface area contributed by atoms with Crippen molar-refractivity contribution in [3.05, 3.63) is 83.8 Å². The number of hydrogen-bond acceptors (Lipinski definition) is 4. The van der Waals surface area contributed by atoms with Crippen molar-refractivity contribution in [3.63, 3.8) is 0 Å². The van der Waals surface area contributed by atoms with Crippen molar-refractivity contribution in [2.75, 3.05) is 11.9 Å². The molecule has 0 aliphatic rings. The first-order valence-corrected chi connectivity index (χ1v) is 7.74. The minimum atomic E-state index is -0.495. The highest BCUT2D eigenvalue weighted by molar-refractivity contribution is 6.05. The zero-order valence-electron chi connectivity index (χ0n) is 13.9. The van der Waals surface area contributed by atoms with Crippen molar-refractivity contribution in [1.82, 2.24) is 0 Å². The molecule has 1 heterocycles. The van der Waals surface area contributed by atoms with Gasteiger partial charge in [-0.25, -0.2) is 4.79 Å². The number of hydrogen-bond donors (Lipinski definition) is 0. The predicted octanol–water partition coefficient (Wildman–Crippen LogP) is 4.08. The lowest BCUT2D eigenvalue weighted by atomic mass is 10.1. The molecule has 0 aliphatic carbocycles. The second kappa shape index (κ2) is 7.05. The van der Waals surface area contributed by atoms with E-state index in [4.69, 9.17) is 9.15 Å². The highest BCUT2D eigenvalue weighted by Crippen LogP contribution is 2.21. The third-order valence-electron chi connectivity index (χ3n) is 3.79. The van der Waals surface area contributed by atoms with E-state index in [-0.39, 0.29) is 5.91 Å². The summed E-state index contributed by atoms with van der Waals surface area (Å²) in [7, 11) is 1.70. The molecule has 5 nitrogen and oxygen atoms in total. The van der Waals surface area contributed by atoms with E-state index >= 15 is 0 Å². The van der Waals surface area contributed by atoms with Gasteiger partial charge >= 0.3 is 5.97 Å². The van der Waals surface area contributed by atoms with Crippen LogP contribution in [0.25, 0.3) is 0 Å². The molecule has 0 saturated carbocycles. The predicted molar refractivity (Wildman–Crippen MR) is 94.0 cm³/mol. The fourth-order valence-electron chi connectivity index (χ4n) is 2.29. The molecule has 0 fully saturated rings. The molecule has 0 aliphatic heterocycles. The van der Waals surface area contributed by atoms with E-state index in [0.29, 0.717) is 22.6 Å². The van der Waals surface area contributed by atoms with Crippen molar-refractivity contribution in [3.8, 4) is 5.75 Å². The Balaban J connectivity index is 1.70. The molecule has 0 spiro atoms. The first-order valence-electron chi connectivity index (χ1n) is 7.74. The summed E-state index contributed by atoms with van der Waals surface area (Å²) >= 11 is 0. The Bertz CT molecular complexity index is 865. The number of furan rings is 1. The molecule has 126 valence electrons. The molecular formula is C20H17NO4. The van der Waals surface area contributed by atoms with Gasteiger partial charge in [0, 0.05) is 18.3 Å². The van der Waals surface area contributed by atoms with Gasteiger partial charge in [-0.2, -0.15) is 0 Å². The van der Waals surface area contributed by atoms with Crippen LogP contribution in [0.1, 0.15) is 26.3 Å². The Morgan fingerprint density at radius 3 is 2.20 bits per heavy atom. The summed E-state index contributed by atoms with van der Waals surface area (Å²) in [4.78, 5) is 25.9. The molecule has 0 saturated heterocycles. The molecule has 0 atom stereocenters. The maximum Gasteiger partial charge on any atom is 0.346 e. The number of rotatable bonds is 4. The van der Waals surface area contributed by atoms with Crippen molar-refractivity contribution >= 4 is 17.6 Å². The van der Waals surface area contributed by atoms with Crippen LogP contribution in [0.3, 0.4) is 0 Å². The quantitative estimate of drug-likeness (QED) is 0.532. The second-order valence-electron chi connectivity index (χ2n) is 5.63. The van der Waals surface area contributed by atoms with Gasteiger partial charge in [0.1, 0.15) is 12.0 Å². The zero-order valence-corrected chi connectivity index (χ0v) is 13.9. The van der Waals surface area contributed by atoms with Crippen LogP contribution in [0.2, 0.25) is 0 Å². The summed E-state index contributed by atoms with van der Waals surface area (Å²) in [6.45, 7) is 1.97. The summed E-state index contributed by atoms with van der Waals surface area (Å²) in [6.07, 6.45) is 2.73. The van der Waals surface area contributed by atoms with Crippen LogP contribution in [0.5, 0.6) is 5.75 Å². The number of benzene rings is 2. The topological polar surface area (TPSA) is 59.8 Å². The maximum absolute atomic E-state index is 12.5. The Morgan fingerprint density at radius 1 is 0.920 bits per heavy atom. The Hall–Kier alpha value is -3.34. The van der Waals surface area contributed by atoms with Crippen LogP contribution < -0.4 is 9.64 Å². The van der Waals surface area contributed by atoms with Gasteiger partial charge in [-0.05, 0) is 49.4 Å². The van der Waals surface area contributed by atoms with E-state index in [2.05, 4.69) is 0 Å². The maximum atomic E-state index is 12.5. The highest BCUT2D eigenvalue weighted by atomic mass is 16.5. The molecule has 1 aromatic heterocycles. The van der Waals surface area contributed by atoms with Crippen LogP contribution >= 0.6 is 0 Å². The van der Waals surface area contributed by atoms with Crippen LogP contribution in [-0.4, -0.2) is 18.9 Å². The summed E-state index contributed by atoms with van der Waals surface area (Å²) < 4.78 is 10.1. The van der Waals surface area contributed by atoms with Crippen molar-refractivity contribution in [2.45, 2.75) is 6.92 Å². The van der Waals surface area contributed by atoms with Crippen molar-refractivity contribution in [1.29, 1.82) is 0 Å². The zero-order chi connectivity index (χ0) is 17.8. The van der Waals surface area contributed by atoms with E-state index in [0.717, 1.165) is 5.56 Å². The first-order chi connectivity index (χ1) is 12.0. The van der Waals surface area contributed by atoms with Crippen LogP contribution in [0.4, 0.5) is 5.69 Å². The number of anilines is 1. The lowest BCUT2D eigenvalue weighted by Gasteiger charge is -2.18. The molecule has 2 aromatic carbocycles. The summed E-state index contributed by atoms with van der Waals surface area (Å²) in [6, 6.07) is 15.7. The number of nitrogens with zero attached hydrogens (tertiary/aromatic N) is 1. The third kappa shape index (κ3) is 3.77. The van der Waals surface area contributed by atoms with E-state index < -0.39 is 5.97 Å². The van der Waals surface area contributed by atoms with Gasteiger partial charge in [-0.15, -0.1) is 0 Å². The van der Waals surface area contributed by atoms with Crippen LogP contribution in [0, 0.1) is 6.92 Å². The minimum Gasteiger partial charge on any atom is -0.472 e. The molecular weight excluding hydrogens is 318 g/mol. The van der Waals surface area contributed by atoms with E-state index in [1.54, 1.807) is 48.3 Å². The van der Waals surface area contributed by atoms with Gasteiger partial charge in [0.15, 0.2) is 0 Å². The van der Waals surface area contributed by atoms with Crippen LogP contribution in [0.15, 0.2) is 71.5 Å². The van der Waals surface area contributed by atoms with Crippen LogP contribution in [-0.2, 0) is 0 Å². The average molecular weight is 335 g/mol. The number of ether oxygens (including phenoxy) is 1. The molecule has 5 heteroatoms. The largest absolute Gasteiger partial charge is 0.472 e. The molecule has 0 radical (unpaired) electrons. The number of carbonyl (C=O) groups excluding carboxylic acids is 2. The summed E-state index contributed by atoms with van der Waals surface area (Å²) in [5, 5.41) is 0. The smallest absolute Gasteiger partial charge is 0.346 e. The molecule has 0 unspecified atom stereocenters. The monoisotopic (exact) mass is 335 g/mol. The fourth-order valence-corrected chi connectivity index (χ4v) is 2.29. The van der Waals surface area contributed by atoms with Gasteiger partial charge in [0.25, 0.3) is 5.91 Å². The SMILES string of the molecule is Cc1ccc(C(=O)N(C)c2ccc(OC(=O)c3ccoc3)cc2)cc1. The fraction of sp³-hybridized carbons (Fsp3) is 0.100. The number of aryl methyl sites for hydroxylation is 1. The Morgan fingerprint density at radius 2 is 1.60 bits per heavy atom. The lowest BCUT2D eigenvalue weighted by Crippen LogP contribution is -2.26. The number of esters is 1. The second-order valence-corrected chi connectivity index (χ2v) is 5.63. The van der Waals surface area contributed by atoms with E-state index in [1.807, 2.05) is 19.1 Å². The number of carbonyl (C=O) groups is 2. The van der Waals surface area contributed by atoms with Gasteiger partial charge in [-0.3, -0.25) is 4.79 Å². The molecule has 1 amide bonds. The highest BCUT2D eigenvalue weighted by Gasteiger charge is 2.14. The van der Waals surface area contributed by atoms with E-state index in [1.165, 1.54) is 18.6 Å². The average Bonchev–Trinajstić information content (AvgIpc) is 3.17. The van der Waals surface area contributed by atoms with Crippen molar-refractivity contribution in [2.24, 2.45) is 0 Å². The Labute approximate surface area is 145 Å². The summed E-state index contributed by atoms with van der Waals surface area (Å²) in [5.41, 5.74) is 2.76. The molecule has 3 rings (SSSR count). The molecule has 3 aromatic rings. The van der Waals surface area contributed by atoms with Gasteiger partial charge < -0.3 is 14.1 Å². The molecule has 25 heavy (non-hydrogen) atoms. The third-order valence-corrected chi connectivity index (χ3v) is 3.79. The Kier molecular flexibility index (Phi) is 4.66. The minimum absolute atomic E-state index is 0.108. The number of amides is 1. The van der Waals surface area contributed by atoms with Gasteiger partial charge in [0.2, 0.25) is 0 Å². The normalized spacial score (nSPS) is 10.3. The first kappa shape index (κ1) is 16.5. The van der Waals surface area contributed by atoms with Gasteiger partial charge in [0.05, 0.1) is 11.8 Å². The molecule has 0 N–H and O–H groups in total. The van der Waals surface area contributed by atoms with Crippen molar-refractivity contribution < 1.29 is 18.7 Å². The lowest BCUT2D eigenvalue weighted by molar-refractivity contribution is 0.0733. The van der Waals surface area contributed by atoms with E-state index in [9.17, 15) is 9.59 Å².